The Bertz CT molecular complexity index is 345. The average molecular weight is 261 g/mol. The fourth-order valence-electron chi connectivity index (χ4n) is 4.23. The summed E-state index contributed by atoms with van der Waals surface area (Å²) in [5.74, 6) is 2.47. The van der Waals surface area contributed by atoms with Crippen molar-refractivity contribution in [2.75, 3.05) is 26.2 Å². The summed E-state index contributed by atoms with van der Waals surface area (Å²) in [6, 6.07) is 2.65. The highest BCUT2D eigenvalue weighted by Crippen LogP contribution is 2.42. The molecule has 0 aromatic rings. The normalized spacial score (nSPS) is 33.9. The zero-order chi connectivity index (χ0) is 13.3. The molecule has 106 valence electrons. The van der Waals surface area contributed by atoms with Gasteiger partial charge in [0, 0.05) is 19.6 Å². The van der Waals surface area contributed by atoms with Gasteiger partial charge in [-0.05, 0) is 56.4 Å². The fraction of sp³-hybridized carbons (Fsp3) is 0.938. The van der Waals surface area contributed by atoms with Gasteiger partial charge < -0.3 is 0 Å². The molecule has 3 unspecified atom stereocenters. The van der Waals surface area contributed by atoms with Crippen LogP contribution in [0, 0.1) is 29.1 Å². The van der Waals surface area contributed by atoms with Crippen molar-refractivity contribution in [3.05, 3.63) is 0 Å². The molecule has 19 heavy (non-hydrogen) atoms. The fourth-order valence-corrected chi connectivity index (χ4v) is 4.23. The molecule has 3 heteroatoms. The molecule has 3 aliphatic rings. The Morgan fingerprint density at radius 3 is 2.42 bits per heavy atom. The summed E-state index contributed by atoms with van der Waals surface area (Å²) < 4.78 is 0. The summed E-state index contributed by atoms with van der Waals surface area (Å²) in [6.45, 7) is 6.61. The monoisotopic (exact) mass is 261 g/mol. The van der Waals surface area contributed by atoms with Crippen LogP contribution >= 0.6 is 0 Å². The Morgan fingerprint density at radius 2 is 1.89 bits per heavy atom. The summed E-state index contributed by atoms with van der Waals surface area (Å²) in [6.07, 6.45) is 7.87. The Kier molecular flexibility index (Phi) is 3.82. The van der Waals surface area contributed by atoms with Crippen LogP contribution in [0.25, 0.3) is 0 Å². The second-order valence-electron chi connectivity index (χ2n) is 6.93. The summed E-state index contributed by atoms with van der Waals surface area (Å²) in [7, 11) is 0. The molecule has 0 bridgehead atoms. The van der Waals surface area contributed by atoms with E-state index in [1.165, 1.54) is 45.2 Å². The Hall–Kier alpha value is -0.590. The standard InChI is InChI=1S/C16H27N3/c1-2-8-18-16(11-17,15-6-7-15)12-19-9-13-4-3-5-14(13)10-19/h13-15,18H,2-10,12H2,1H3. The van der Waals surface area contributed by atoms with Crippen molar-refractivity contribution in [3.8, 4) is 6.07 Å². The first-order chi connectivity index (χ1) is 9.27. The van der Waals surface area contributed by atoms with Gasteiger partial charge in [0.2, 0.25) is 0 Å². The van der Waals surface area contributed by atoms with Crippen LogP contribution in [-0.2, 0) is 0 Å². The van der Waals surface area contributed by atoms with Crippen LogP contribution in [0.15, 0.2) is 0 Å². The number of rotatable bonds is 6. The van der Waals surface area contributed by atoms with Crippen LogP contribution in [0.5, 0.6) is 0 Å². The predicted octanol–water partition coefficient (Wildman–Crippen LogP) is 2.39. The van der Waals surface area contributed by atoms with Gasteiger partial charge in [-0.1, -0.05) is 13.3 Å². The number of hydrogen-bond donors (Lipinski definition) is 1. The third-order valence-electron chi connectivity index (χ3n) is 5.44. The van der Waals surface area contributed by atoms with Gasteiger partial charge in [-0.2, -0.15) is 5.26 Å². The lowest BCUT2D eigenvalue weighted by molar-refractivity contribution is 0.216. The van der Waals surface area contributed by atoms with E-state index >= 15 is 0 Å². The first-order valence-electron chi connectivity index (χ1n) is 8.16. The van der Waals surface area contributed by atoms with Gasteiger partial charge in [0.05, 0.1) is 6.07 Å². The summed E-state index contributed by atoms with van der Waals surface area (Å²) >= 11 is 0. The molecule has 1 saturated heterocycles. The van der Waals surface area contributed by atoms with Crippen LogP contribution in [0.2, 0.25) is 0 Å². The second kappa shape index (κ2) is 5.42. The summed E-state index contributed by atoms with van der Waals surface area (Å²) in [5, 5.41) is 13.3. The van der Waals surface area contributed by atoms with Crippen LogP contribution in [-0.4, -0.2) is 36.6 Å². The van der Waals surface area contributed by atoms with Gasteiger partial charge in [-0.3, -0.25) is 10.2 Å². The van der Waals surface area contributed by atoms with Gasteiger partial charge in [-0.15, -0.1) is 0 Å². The van der Waals surface area contributed by atoms with E-state index in [9.17, 15) is 5.26 Å². The highest BCUT2D eigenvalue weighted by molar-refractivity contribution is 5.17. The topological polar surface area (TPSA) is 39.1 Å². The number of fused-ring (bicyclic) bond motifs is 1. The van der Waals surface area contributed by atoms with E-state index in [1.807, 2.05) is 0 Å². The van der Waals surface area contributed by atoms with Crippen molar-refractivity contribution in [3.63, 3.8) is 0 Å². The maximum absolute atomic E-state index is 9.74. The third-order valence-corrected chi connectivity index (χ3v) is 5.44. The second-order valence-corrected chi connectivity index (χ2v) is 6.93. The first-order valence-corrected chi connectivity index (χ1v) is 8.16. The smallest absolute Gasteiger partial charge is 0.122 e. The van der Waals surface area contributed by atoms with Crippen molar-refractivity contribution in [2.24, 2.45) is 17.8 Å². The number of nitrogens with one attached hydrogen (secondary N) is 1. The largest absolute Gasteiger partial charge is 0.300 e. The summed E-state index contributed by atoms with van der Waals surface area (Å²) in [5.41, 5.74) is -0.255. The molecule has 3 fully saturated rings. The molecule has 0 spiro atoms. The van der Waals surface area contributed by atoms with Crippen molar-refractivity contribution in [1.82, 2.24) is 10.2 Å². The SMILES string of the molecule is CCCNC(C#N)(CN1CC2CCCC2C1)C1CC1. The van der Waals surface area contributed by atoms with E-state index in [0.717, 1.165) is 31.3 Å². The molecular formula is C16H27N3. The zero-order valence-electron chi connectivity index (χ0n) is 12.2. The van der Waals surface area contributed by atoms with Crippen LogP contribution < -0.4 is 5.32 Å². The zero-order valence-corrected chi connectivity index (χ0v) is 12.2. The maximum atomic E-state index is 9.74. The molecule has 2 aliphatic carbocycles. The lowest BCUT2D eigenvalue weighted by Gasteiger charge is -2.33. The number of likely N-dealkylation sites (tertiary alicyclic amines) is 1. The molecule has 2 saturated carbocycles. The van der Waals surface area contributed by atoms with Crippen molar-refractivity contribution < 1.29 is 0 Å². The lowest BCUT2D eigenvalue weighted by Crippen LogP contribution is -2.54. The summed E-state index contributed by atoms with van der Waals surface area (Å²) in [4.78, 5) is 2.58. The highest BCUT2D eigenvalue weighted by atomic mass is 15.2. The van der Waals surface area contributed by atoms with Crippen molar-refractivity contribution in [1.29, 1.82) is 5.26 Å². The van der Waals surface area contributed by atoms with Crippen molar-refractivity contribution >= 4 is 0 Å². The van der Waals surface area contributed by atoms with Crippen LogP contribution in [0.1, 0.15) is 45.4 Å². The molecule has 0 aromatic carbocycles. The minimum Gasteiger partial charge on any atom is -0.300 e. The molecule has 0 aromatic heterocycles. The molecule has 0 amide bonds. The molecule has 1 N–H and O–H groups in total. The number of nitrogens with zero attached hydrogens (tertiary/aromatic N) is 2. The van der Waals surface area contributed by atoms with Crippen molar-refractivity contribution in [2.45, 2.75) is 51.0 Å². The van der Waals surface area contributed by atoms with E-state index in [2.05, 4.69) is 23.2 Å². The Labute approximate surface area is 117 Å². The average Bonchev–Trinajstić information content (AvgIpc) is 3.07. The van der Waals surface area contributed by atoms with Gasteiger partial charge in [-0.25, -0.2) is 0 Å². The van der Waals surface area contributed by atoms with E-state index < -0.39 is 0 Å². The predicted molar refractivity (Wildman–Crippen MR) is 76.6 cm³/mol. The molecule has 3 atom stereocenters. The molecule has 3 nitrogen and oxygen atoms in total. The van der Waals surface area contributed by atoms with Gasteiger partial charge in [0.15, 0.2) is 0 Å². The Balaban J connectivity index is 1.63. The molecule has 1 heterocycles. The number of nitriles is 1. The van der Waals surface area contributed by atoms with E-state index in [1.54, 1.807) is 0 Å². The van der Waals surface area contributed by atoms with Gasteiger partial charge >= 0.3 is 0 Å². The minimum atomic E-state index is -0.255. The van der Waals surface area contributed by atoms with Crippen LogP contribution in [0.4, 0.5) is 0 Å². The van der Waals surface area contributed by atoms with E-state index in [-0.39, 0.29) is 5.54 Å². The first kappa shape index (κ1) is 13.4. The van der Waals surface area contributed by atoms with E-state index in [0.29, 0.717) is 5.92 Å². The molecule has 3 rings (SSSR count). The lowest BCUT2D eigenvalue weighted by atomic mass is 9.94. The maximum Gasteiger partial charge on any atom is 0.122 e. The van der Waals surface area contributed by atoms with E-state index in [4.69, 9.17) is 0 Å². The molecule has 0 radical (unpaired) electrons. The van der Waals surface area contributed by atoms with Gasteiger partial charge in [0.1, 0.15) is 5.54 Å². The number of hydrogen-bond acceptors (Lipinski definition) is 3. The van der Waals surface area contributed by atoms with Gasteiger partial charge in [0.25, 0.3) is 0 Å². The highest BCUT2D eigenvalue weighted by Gasteiger charge is 2.48. The quantitative estimate of drug-likeness (QED) is 0.798. The molecule has 1 aliphatic heterocycles. The third kappa shape index (κ3) is 2.66. The van der Waals surface area contributed by atoms with Crippen LogP contribution in [0.3, 0.4) is 0 Å². The Morgan fingerprint density at radius 1 is 1.21 bits per heavy atom. The molecular weight excluding hydrogens is 234 g/mol. The minimum absolute atomic E-state index is 0.255.